The van der Waals surface area contributed by atoms with E-state index in [1.54, 1.807) is 0 Å². The van der Waals surface area contributed by atoms with Crippen LogP contribution >= 0.6 is 11.6 Å². The van der Waals surface area contributed by atoms with Crippen molar-refractivity contribution in [3.8, 4) is 0 Å². The van der Waals surface area contributed by atoms with E-state index in [9.17, 15) is 14.0 Å². The first-order valence-corrected chi connectivity index (χ1v) is 10.1. The van der Waals surface area contributed by atoms with Crippen molar-refractivity contribution in [2.45, 2.75) is 38.6 Å². The van der Waals surface area contributed by atoms with Gasteiger partial charge in [0.05, 0.1) is 10.6 Å². The van der Waals surface area contributed by atoms with Gasteiger partial charge in [-0.3, -0.25) is 9.59 Å². The number of hydrogen-bond acceptors (Lipinski definition) is 2. The van der Waals surface area contributed by atoms with Crippen molar-refractivity contribution in [1.29, 1.82) is 0 Å². The molecule has 2 aliphatic rings. The molecule has 1 heterocycles. The van der Waals surface area contributed by atoms with E-state index < -0.39 is 11.7 Å². The lowest BCUT2D eigenvalue weighted by Gasteiger charge is -2.35. The number of aryl methyl sites for hydroxylation is 1. The third-order valence-electron chi connectivity index (χ3n) is 5.61. The molecule has 0 atom stereocenters. The zero-order chi connectivity index (χ0) is 19.7. The van der Waals surface area contributed by atoms with Gasteiger partial charge >= 0.3 is 0 Å². The molecule has 1 aliphatic heterocycles. The number of fused-ring (bicyclic) bond motifs is 1. The largest absolute Gasteiger partial charge is 0.348 e. The Morgan fingerprint density at radius 2 is 1.96 bits per heavy atom. The summed E-state index contributed by atoms with van der Waals surface area (Å²) in [6, 6.07) is 9.68. The van der Waals surface area contributed by atoms with Gasteiger partial charge in [0.1, 0.15) is 5.82 Å². The summed E-state index contributed by atoms with van der Waals surface area (Å²) in [6.07, 6.45) is 5.00. The van der Waals surface area contributed by atoms with Gasteiger partial charge in [-0.15, -0.1) is 0 Å². The molecular weight excluding hydrogens is 379 g/mol. The molecule has 0 radical (unpaired) electrons. The maximum absolute atomic E-state index is 13.4. The Kier molecular flexibility index (Phi) is 5.36. The number of rotatable bonds is 4. The normalized spacial score (nSPS) is 16.3. The number of carbonyl (C=O) groups excluding carboxylic acids is 2. The number of halogens is 2. The van der Waals surface area contributed by atoms with Crippen LogP contribution in [0.2, 0.25) is 5.02 Å². The molecule has 0 saturated heterocycles. The quantitative estimate of drug-likeness (QED) is 0.822. The Morgan fingerprint density at radius 1 is 1.14 bits per heavy atom. The van der Waals surface area contributed by atoms with E-state index in [1.165, 1.54) is 12.1 Å². The van der Waals surface area contributed by atoms with Crippen LogP contribution in [0.3, 0.4) is 0 Å². The lowest BCUT2D eigenvalue weighted by molar-refractivity contribution is -0.124. The minimum atomic E-state index is -0.500. The van der Waals surface area contributed by atoms with Crippen LogP contribution in [0, 0.1) is 11.7 Å². The van der Waals surface area contributed by atoms with Crippen molar-refractivity contribution in [2.24, 2.45) is 5.92 Å². The average Bonchev–Trinajstić information content (AvgIpc) is 2.65. The van der Waals surface area contributed by atoms with Crippen molar-refractivity contribution >= 4 is 29.1 Å². The Morgan fingerprint density at radius 3 is 2.71 bits per heavy atom. The summed E-state index contributed by atoms with van der Waals surface area (Å²) in [6.45, 7) is 1.09. The van der Waals surface area contributed by atoms with Crippen molar-refractivity contribution in [1.82, 2.24) is 5.32 Å². The molecule has 146 valence electrons. The Hall–Kier alpha value is -2.40. The molecule has 0 unspecified atom stereocenters. The SMILES string of the molecule is O=C(NCc1ccc2c(c1)CCCN2C(=O)C1CCC1)c1cc(F)ccc1Cl. The predicted molar refractivity (Wildman–Crippen MR) is 107 cm³/mol. The summed E-state index contributed by atoms with van der Waals surface area (Å²) in [5.41, 5.74) is 3.19. The zero-order valence-corrected chi connectivity index (χ0v) is 16.3. The summed E-state index contributed by atoms with van der Waals surface area (Å²) in [5, 5.41) is 3.01. The smallest absolute Gasteiger partial charge is 0.253 e. The standard InChI is InChI=1S/C22H22ClFN2O2/c23-19-8-7-17(24)12-18(19)21(27)25-13-14-6-9-20-16(11-14)5-2-10-26(20)22(28)15-3-1-4-15/h6-9,11-12,15H,1-5,10,13H2,(H,25,27). The predicted octanol–water partition coefficient (Wildman–Crippen LogP) is 4.49. The second-order valence-electron chi connectivity index (χ2n) is 7.49. The van der Waals surface area contributed by atoms with Crippen molar-refractivity contribution < 1.29 is 14.0 Å². The summed E-state index contributed by atoms with van der Waals surface area (Å²) >= 11 is 5.99. The lowest BCUT2D eigenvalue weighted by atomic mass is 9.83. The first-order valence-electron chi connectivity index (χ1n) is 9.69. The van der Waals surface area contributed by atoms with Gasteiger partial charge in [0.15, 0.2) is 0 Å². The van der Waals surface area contributed by atoms with E-state index in [-0.39, 0.29) is 22.4 Å². The molecule has 0 aromatic heterocycles. The van der Waals surface area contributed by atoms with Crippen LogP contribution in [0.4, 0.5) is 10.1 Å². The average molecular weight is 401 g/mol. The fourth-order valence-corrected chi connectivity index (χ4v) is 4.02. The van der Waals surface area contributed by atoms with Crippen LogP contribution in [0.25, 0.3) is 0 Å². The maximum atomic E-state index is 13.4. The molecule has 28 heavy (non-hydrogen) atoms. The third-order valence-corrected chi connectivity index (χ3v) is 5.94. The van der Waals surface area contributed by atoms with Gasteiger partial charge in [-0.2, -0.15) is 0 Å². The van der Waals surface area contributed by atoms with Gasteiger partial charge in [-0.05, 0) is 61.1 Å². The number of nitrogens with zero attached hydrogens (tertiary/aromatic N) is 1. The molecule has 4 nitrogen and oxygen atoms in total. The van der Waals surface area contributed by atoms with Gasteiger partial charge in [0.2, 0.25) is 5.91 Å². The fraction of sp³-hybridized carbons (Fsp3) is 0.364. The number of amides is 2. The highest BCUT2D eigenvalue weighted by atomic mass is 35.5. The summed E-state index contributed by atoms with van der Waals surface area (Å²) < 4.78 is 13.4. The minimum Gasteiger partial charge on any atom is -0.348 e. The molecular formula is C22H22ClFN2O2. The minimum absolute atomic E-state index is 0.122. The molecule has 1 N–H and O–H groups in total. The Balaban J connectivity index is 1.46. The van der Waals surface area contributed by atoms with Crippen LogP contribution in [0.1, 0.15) is 47.2 Å². The number of anilines is 1. The lowest BCUT2D eigenvalue weighted by Crippen LogP contribution is -2.41. The van der Waals surface area contributed by atoms with E-state index in [0.29, 0.717) is 6.54 Å². The second kappa shape index (κ2) is 7.92. The second-order valence-corrected chi connectivity index (χ2v) is 7.90. The summed E-state index contributed by atoms with van der Waals surface area (Å²) in [7, 11) is 0. The van der Waals surface area contributed by atoms with Gasteiger partial charge < -0.3 is 10.2 Å². The highest BCUT2D eigenvalue weighted by Crippen LogP contribution is 2.34. The Labute approximate surface area is 168 Å². The number of benzene rings is 2. The van der Waals surface area contributed by atoms with Gasteiger partial charge in [0.25, 0.3) is 5.91 Å². The van der Waals surface area contributed by atoms with Gasteiger partial charge in [0, 0.05) is 24.7 Å². The van der Waals surface area contributed by atoms with E-state index >= 15 is 0 Å². The third kappa shape index (κ3) is 3.76. The van der Waals surface area contributed by atoms with E-state index in [2.05, 4.69) is 5.32 Å². The number of hydrogen-bond donors (Lipinski definition) is 1. The first kappa shape index (κ1) is 18.9. The van der Waals surface area contributed by atoms with E-state index in [1.807, 2.05) is 23.1 Å². The highest BCUT2D eigenvalue weighted by Gasteiger charge is 2.32. The maximum Gasteiger partial charge on any atom is 0.253 e. The monoisotopic (exact) mass is 400 g/mol. The van der Waals surface area contributed by atoms with Crippen LogP contribution in [-0.2, 0) is 17.8 Å². The fourth-order valence-electron chi connectivity index (χ4n) is 3.81. The zero-order valence-electron chi connectivity index (χ0n) is 15.5. The molecule has 6 heteroatoms. The summed E-state index contributed by atoms with van der Waals surface area (Å²) in [5.74, 6) is -0.488. The summed E-state index contributed by atoms with van der Waals surface area (Å²) in [4.78, 5) is 26.9. The number of carbonyl (C=O) groups is 2. The van der Waals surface area contributed by atoms with Crippen LogP contribution < -0.4 is 10.2 Å². The van der Waals surface area contributed by atoms with E-state index in [0.717, 1.165) is 61.5 Å². The molecule has 0 spiro atoms. The molecule has 1 saturated carbocycles. The Bertz CT molecular complexity index is 927. The molecule has 1 fully saturated rings. The van der Waals surface area contributed by atoms with Crippen molar-refractivity contribution in [3.63, 3.8) is 0 Å². The van der Waals surface area contributed by atoms with Gasteiger partial charge in [-0.1, -0.05) is 30.2 Å². The molecule has 0 bridgehead atoms. The topological polar surface area (TPSA) is 49.4 Å². The van der Waals surface area contributed by atoms with Crippen LogP contribution in [0.5, 0.6) is 0 Å². The van der Waals surface area contributed by atoms with Gasteiger partial charge in [-0.25, -0.2) is 4.39 Å². The molecule has 4 rings (SSSR count). The highest BCUT2D eigenvalue weighted by molar-refractivity contribution is 6.33. The molecule has 2 amide bonds. The molecule has 1 aliphatic carbocycles. The van der Waals surface area contributed by atoms with E-state index in [4.69, 9.17) is 11.6 Å². The molecule has 2 aromatic carbocycles. The molecule has 2 aromatic rings. The van der Waals surface area contributed by atoms with Crippen molar-refractivity contribution in [3.05, 3.63) is 63.9 Å². The van der Waals surface area contributed by atoms with Crippen LogP contribution in [0.15, 0.2) is 36.4 Å². The first-order chi connectivity index (χ1) is 13.5. The van der Waals surface area contributed by atoms with Crippen LogP contribution in [-0.4, -0.2) is 18.4 Å². The van der Waals surface area contributed by atoms with Crippen molar-refractivity contribution in [2.75, 3.05) is 11.4 Å². The number of nitrogens with one attached hydrogen (secondary N) is 1.